The van der Waals surface area contributed by atoms with E-state index in [0.29, 0.717) is 5.92 Å². The third-order valence-corrected chi connectivity index (χ3v) is 7.48. The zero-order valence-corrected chi connectivity index (χ0v) is 19.7. The number of aryl methyl sites for hydroxylation is 3. The molecule has 1 nitrogen and oxygen atoms in total. The Morgan fingerprint density at radius 3 is 2.19 bits per heavy atom. The third kappa shape index (κ3) is 3.45. The Kier molecular flexibility index (Phi) is 4.91. The van der Waals surface area contributed by atoms with Crippen LogP contribution in [0.3, 0.4) is 0 Å². The van der Waals surface area contributed by atoms with E-state index in [1.165, 1.54) is 59.2 Å². The van der Waals surface area contributed by atoms with Crippen LogP contribution < -0.4 is 4.57 Å². The second-order valence-electron chi connectivity index (χ2n) is 8.90. The van der Waals surface area contributed by atoms with Crippen molar-refractivity contribution < 1.29 is 4.57 Å². The Morgan fingerprint density at radius 2 is 1.45 bits per heavy atom. The summed E-state index contributed by atoms with van der Waals surface area (Å²) in [4.78, 5) is 0. The van der Waals surface area contributed by atoms with E-state index in [1.807, 2.05) is 11.3 Å². The molecule has 0 saturated carbocycles. The predicted octanol–water partition coefficient (Wildman–Crippen LogP) is 7.95. The molecule has 0 unspecified atom stereocenters. The zero-order chi connectivity index (χ0) is 21.7. The van der Waals surface area contributed by atoms with Crippen molar-refractivity contribution >= 4 is 31.5 Å². The maximum Gasteiger partial charge on any atom is 0.213 e. The molecule has 0 aliphatic carbocycles. The van der Waals surface area contributed by atoms with E-state index in [-0.39, 0.29) is 0 Å². The Bertz CT molecular complexity index is 1440. The molecule has 0 aliphatic rings. The van der Waals surface area contributed by atoms with Crippen molar-refractivity contribution in [1.29, 1.82) is 0 Å². The predicted molar refractivity (Wildman–Crippen MR) is 135 cm³/mol. The van der Waals surface area contributed by atoms with Gasteiger partial charge in [-0.15, -0.1) is 11.3 Å². The summed E-state index contributed by atoms with van der Waals surface area (Å²) >= 11 is 1.91. The summed E-state index contributed by atoms with van der Waals surface area (Å²) in [6.45, 7) is 8.91. The van der Waals surface area contributed by atoms with Gasteiger partial charge in [-0.1, -0.05) is 56.3 Å². The molecular weight excluding hydrogens is 394 g/mol. The molecule has 0 fully saturated rings. The van der Waals surface area contributed by atoms with Gasteiger partial charge in [-0.25, -0.2) is 4.57 Å². The molecule has 0 N–H and O–H groups in total. The van der Waals surface area contributed by atoms with Crippen LogP contribution in [0.5, 0.6) is 0 Å². The highest BCUT2D eigenvalue weighted by molar-refractivity contribution is 7.25. The lowest BCUT2D eigenvalue weighted by Crippen LogP contribution is -2.31. The molecule has 2 heterocycles. The maximum absolute atomic E-state index is 2.37. The molecule has 31 heavy (non-hydrogen) atoms. The fraction of sp³-hybridized carbons (Fsp3) is 0.207. The van der Waals surface area contributed by atoms with Gasteiger partial charge >= 0.3 is 0 Å². The molecule has 0 saturated heterocycles. The van der Waals surface area contributed by atoms with Crippen LogP contribution in [-0.2, 0) is 7.05 Å². The summed E-state index contributed by atoms with van der Waals surface area (Å²) in [7, 11) is 2.14. The minimum Gasteiger partial charge on any atom is -0.201 e. The van der Waals surface area contributed by atoms with Crippen LogP contribution in [0.1, 0.15) is 36.5 Å². The van der Waals surface area contributed by atoms with E-state index in [2.05, 4.69) is 112 Å². The van der Waals surface area contributed by atoms with Crippen molar-refractivity contribution in [2.75, 3.05) is 0 Å². The second-order valence-corrected chi connectivity index (χ2v) is 9.99. The number of nitrogens with zero attached hydrogens (tertiary/aromatic N) is 1. The summed E-state index contributed by atoms with van der Waals surface area (Å²) in [5.74, 6) is 0.553. The van der Waals surface area contributed by atoms with Crippen molar-refractivity contribution in [1.82, 2.24) is 0 Å². The molecule has 2 heteroatoms. The first-order valence-electron chi connectivity index (χ1n) is 11.0. The van der Waals surface area contributed by atoms with Crippen molar-refractivity contribution in [3.05, 3.63) is 89.6 Å². The Morgan fingerprint density at radius 1 is 0.742 bits per heavy atom. The molecule has 0 radical (unpaired) electrons. The number of hydrogen-bond acceptors (Lipinski definition) is 1. The molecule has 2 aromatic heterocycles. The van der Waals surface area contributed by atoms with Gasteiger partial charge < -0.3 is 0 Å². The summed E-state index contributed by atoms with van der Waals surface area (Å²) in [5, 5.41) is 2.73. The summed E-state index contributed by atoms with van der Waals surface area (Å²) < 4.78 is 4.99. The lowest BCUT2D eigenvalue weighted by molar-refractivity contribution is -0.660. The zero-order valence-electron chi connectivity index (χ0n) is 18.9. The molecule has 154 valence electrons. The fourth-order valence-electron chi connectivity index (χ4n) is 4.54. The highest BCUT2D eigenvalue weighted by atomic mass is 32.1. The van der Waals surface area contributed by atoms with E-state index >= 15 is 0 Å². The summed E-state index contributed by atoms with van der Waals surface area (Å²) in [6.07, 6.45) is 2.25. The standard InChI is InChI=1S/C29H28NS/c1-18(2)21-10-12-24-25-13-11-22(15-29(25)31-28(24)14-21)26-16-27(30(5)17-20(26)4)23-9-7-6-8-19(23)3/h6-18H,1-5H3/q+1. The second kappa shape index (κ2) is 7.62. The van der Waals surface area contributed by atoms with E-state index in [4.69, 9.17) is 0 Å². The van der Waals surface area contributed by atoms with Crippen molar-refractivity contribution in [3.63, 3.8) is 0 Å². The molecule has 0 aliphatic heterocycles. The SMILES string of the molecule is Cc1c[n+](C)c(-c2ccccc2C)cc1-c1ccc2c(c1)sc1cc(C(C)C)ccc12. The van der Waals surface area contributed by atoms with Crippen molar-refractivity contribution in [2.45, 2.75) is 33.6 Å². The van der Waals surface area contributed by atoms with E-state index in [9.17, 15) is 0 Å². The molecule has 0 amide bonds. The highest BCUT2D eigenvalue weighted by Crippen LogP contribution is 2.38. The van der Waals surface area contributed by atoms with Crippen molar-refractivity contribution in [3.8, 4) is 22.4 Å². The van der Waals surface area contributed by atoms with Crippen LogP contribution in [0, 0.1) is 13.8 Å². The maximum atomic E-state index is 2.37. The van der Waals surface area contributed by atoms with Crippen LogP contribution in [-0.4, -0.2) is 0 Å². The normalized spacial score (nSPS) is 11.7. The average molecular weight is 423 g/mol. The Hall–Kier alpha value is -2.97. The Balaban J connectivity index is 1.67. The first-order chi connectivity index (χ1) is 14.9. The van der Waals surface area contributed by atoms with E-state index in [1.54, 1.807) is 0 Å². The summed E-state index contributed by atoms with van der Waals surface area (Å²) in [5.41, 5.74) is 9.13. The van der Waals surface area contributed by atoms with E-state index < -0.39 is 0 Å². The number of fused-ring (bicyclic) bond motifs is 3. The van der Waals surface area contributed by atoms with Gasteiger partial charge in [-0.05, 0) is 60.2 Å². The lowest BCUT2D eigenvalue weighted by Gasteiger charge is -2.10. The molecule has 0 bridgehead atoms. The van der Waals surface area contributed by atoms with Gasteiger partial charge in [0.15, 0.2) is 6.20 Å². The quantitative estimate of drug-likeness (QED) is 0.260. The van der Waals surface area contributed by atoms with Crippen LogP contribution in [0.15, 0.2) is 72.9 Å². The topological polar surface area (TPSA) is 3.88 Å². The molecule has 5 rings (SSSR count). The number of hydrogen-bond donors (Lipinski definition) is 0. The number of thiophene rings is 1. The average Bonchev–Trinajstić information content (AvgIpc) is 3.11. The Labute approximate surface area is 188 Å². The molecule has 0 atom stereocenters. The minimum absolute atomic E-state index is 0.553. The number of aromatic nitrogens is 1. The van der Waals surface area contributed by atoms with Gasteiger partial charge in [0.2, 0.25) is 5.69 Å². The highest BCUT2D eigenvalue weighted by Gasteiger charge is 2.17. The molecular formula is C29H28NS+. The minimum atomic E-state index is 0.553. The largest absolute Gasteiger partial charge is 0.213 e. The van der Waals surface area contributed by atoms with Gasteiger partial charge in [0.05, 0.1) is 0 Å². The monoisotopic (exact) mass is 422 g/mol. The van der Waals surface area contributed by atoms with Crippen LogP contribution in [0.4, 0.5) is 0 Å². The third-order valence-electron chi connectivity index (χ3n) is 6.37. The number of pyridine rings is 1. The van der Waals surface area contributed by atoms with Gasteiger partial charge in [0.25, 0.3) is 0 Å². The molecule has 0 spiro atoms. The summed E-state index contributed by atoms with van der Waals surface area (Å²) in [6, 6.07) is 24.9. The van der Waals surface area contributed by atoms with Gasteiger partial charge in [0, 0.05) is 37.4 Å². The van der Waals surface area contributed by atoms with Gasteiger partial charge in [0.1, 0.15) is 7.05 Å². The van der Waals surface area contributed by atoms with E-state index in [0.717, 1.165) is 0 Å². The molecule has 5 aromatic rings. The molecule has 3 aromatic carbocycles. The lowest BCUT2D eigenvalue weighted by atomic mass is 9.96. The first-order valence-corrected chi connectivity index (χ1v) is 11.8. The van der Waals surface area contributed by atoms with Crippen LogP contribution in [0.25, 0.3) is 42.6 Å². The first kappa shape index (κ1) is 20.0. The van der Waals surface area contributed by atoms with Gasteiger partial charge in [-0.2, -0.15) is 0 Å². The van der Waals surface area contributed by atoms with Crippen molar-refractivity contribution in [2.24, 2.45) is 7.05 Å². The van der Waals surface area contributed by atoms with Crippen LogP contribution in [0.2, 0.25) is 0 Å². The van der Waals surface area contributed by atoms with Crippen LogP contribution >= 0.6 is 11.3 Å². The smallest absolute Gasteiger partial charge is 0.201 e. The number of benzene rings is 3. The number of rotatable bonds is 3. The van der Waals surface area contributed by atoms with Gasteiger partial charge in [-0.3, -0.25) is 0 Å². The fourth-order valence-corrected chi connectivity index (χ4v) is 5.73.